The van der Waals surface area contributed by atoms with Gasteiger partial charge in [-0.05, 0) is 72.9 Å². The lowest BCUT2D eigenvalue weighted by atomic mass is 9.94. The first-order valence-electron chi connectivity index (χ1n) is 11.7. The summed E-state index contributed by atoms with van der Waals surface area (Å²) >= 11 is 7.49. The zero-order chi connectivity index (χ0) is 25.4. The van der Waals surface area contributed by atoms with E-state index in [2.05, 4.69) is 18.8 Å². The molecule has 2 aromatic heterocycles. The summed E-state index contributed by atoms with van der Waals surface area (Å²) in [4.78, 5) is 20.0. The number of rotatable bonds is 6. The Hall–Kier alpha value is -2.72. The van der Waals surface area contributed by atoms with Crippen LogP contribution in [0.1, 0.15) is 36.4 Å². The predicted molar refractivity (Wildman–Crippen MR) is 142 cm³/mol. The van der Waals surface area contributed by atoms with Gasteiger partial charge >= 0.3 is 0 Å². The van der Waals surface area contributed by atoms with Crippen LogP contribution in [0.5, 0.6) is 0 Å². The van der Waals surface area contributed by atoms with Gasteiger partial charge in [0.1, 0.15) is 5.76 Å². The molecule has 1 aliphatic heterocycles. The number of aromatic nitrogens is 1. The normalized spacial score (nSPS) is 19.0. The van der Waals surface area contributed by atoms with Gasteiger partial charge in [-0.2, -0.15) is 4.31 Å². The fourth-order valence-corrected chi connectivity index (χ4v) is 7.58. The molecular formula is C26H26ClN3O4S2. The molecule has 2 unspecified atom stereocenters. The summed E-state index contributed by atoms with van der Waals surface area (Å²) in [6, 6.07) is 15.1. The van der Waals surface area contributed by atoms with Gasteiger partial charge in [-0.25, -0.2) is 13.4 Å². The van der Waals surface area contributed by atoms with Crippen LogP contribution in [0.25, 0.3) is 10.2 Å². The second-order valence-corrected chi connectivity index (χ2v) is 12.8. The van der Waals surface area contributed by atoms with Gasteiger partial charge in [0.05, 0.1) is 27.9 Å². The molecule has 0 bridgehead atoms. The number of piperidine rings is 1. The fraction of sp³-hybridized carbons (Fsp3) is 0.308. The van der Waals surface area contributed by atoms with E-state index < -0.39 is 10.0 Å². The summed E-state index contributed by atoms with van der Waals surface area (Å²) in [7, 11) is -3.63. The summed E-state index contributed by atoms with van der Waals surface area (Å²) in [6.07, 6.45) is 2.57. The molecule has 0 radical (unpaired) electrons. The zero-order valence-electron chi connectivity index (χ0n) is 19.9. The lowest BCUT2D eigenvalue weighted by molar-refractivity contribution is 0.0983. The van der Waals surface area contributed by atoms with Crippen LogP contribution in [0, 0.1) is 11.8 Å². The van der Waals surface area contributed by atoms with Gasteiger partial charge in [-0.3, -0.25) is 9.69 Å². The van der Waals surface area contributed by atoms with Crippen LogP contribution in [0.2, 0.25) is 5.02 Å². The van der Waals surface area contributed by atoms with E-state index in [1.807, 2.05) is 12.1 Å². The van der Waals surface area contributed by atoms with E-state index in [9.17, 15) is 13.2 Å². The second-order valence-electron chi connectivity index (χ2n) is 9.37. The second kappa shape index (κ2) is 9.97. The van der Waals surface area contributed by atoms with Crippen LogP contribution in [0.4, 0.5) is 5.13 Å². The van der Waals surface area contributed by atoms with Crippen molar-refractivity contribution in [1.29, 1.82) is 0 Å². The van der Waals surface area contributed by atoms with Crippen LogP contribution >= 0.6 is 22.9 Å². The zero-order valence-corrected chi connectivity index (χ0v) is 22.3. The molecule has 2 atom stereocenters. The van der Waals surface area contributed by atoms with E-state index in [-0.39, 0.29) is 17.3 Å². The van der Waals surface area contributed by atoms with Crippen molar-refractivity contribution in [2.24, 2.45) is 11.8 Å². The number of thiazole rings is 1. The Morgan fingerprint density at radius 3 is 2.53 bits per heavy atom. The summed E-state index contributed by atoms with van der Waals surface area (Å²) in [5.74, 6) is 0.917. The molecule has 1 aliphatic rings. The standard InChI is InChI=1S/C26H26ClN3O4S2/c1-17-12-18(2)15-29(14-17)36(32,33)22-8-5-19(6-9-22)25(31)30(16-21-4-3-11-34-21)26-28-23-10-7-20(27)13-24(23)35-26/h3-11,13,17-18H,12,14-16H2,1-2H3. The Balaban J connectivity index is 1.44. The van der Waals surface area contributed by atoms with Crippen LogP contribution in [0.15, 0.2) is 70.2 Å². The van der Waals surface area contributed by atoms with E-state index in [1.165, 1.54) is 28.4 Å². The number of carbonyl (C=O) groups is 1. The highest BCUT2D eigenvalue weighted by molar-refractivity contribution is 7.89. The van der Waals surface area contributed by atoms with Crippen molar-refractivity contribution in [2.75, 3.05) is 18.0 Å². The minimum Gasteiger partial charge on any atom is -0.467 e. The first kappa shape index (κ1) is 25.0. The van der Waals surface area contributed by atoms with Crippen LogP contribution in [-0.2, 0) is 16.6 Å². The molecule has 4 aromatic rings. The van der Waals surface area contributed by atoms with Crippen LogP contribution < -0.4 is 4.90 Å². The number of fused-ring (bicyclic) bond motifs is 1. The average Bonchev–Trinajstić information content (AvgIpc) is 3.51. The highest BCUT2D eigenvalue weighted by Gasteiger charge is 2.32. The molecule has 2 aromatic carbocycles. The number of sulfonamides is 1. The molecule has 0 aliphatic carbocycles. The highest BCUT2D eigenvalue weighted by atomic mass is 35.5. The molecule has 188 valence electrons. The lowest BCUT2D eigenvalue weighted by Gasteiger charge is -2.34. The largest absolute Gasteiger partial charge is 0.467 e. The smallest absolute Gasteiger partial charge is 0.260 e. The van der Waals surface area contributed by atoms with Crippen LogP contribution in [0.3, 0.4) is 0 Å². The van der Waals surface area contributed by atoms with Gasteiger partial charge in [0.2, 0.25) is 10.0 Å². The third kappa shape index (κ3) is 5.06. The quantitative estimate of drug-likeness (QED) is 0.295. The Morgan fingerprint density at radius 1 is 1.14 bits per heavy atom. The third-order valence-corrected chi connectivity index (χ3v) is 9.41. The summed E-state index contributed by atoms with van der Waals surface area (Å²) in [5, 5.41) is 1.09. The van der Waals surface area contributed by atoms with E-state index in [0.717, 1.165) is 16.6 Å². The van der Waals surface area contributed by atoms with Crippen LogP contribution in [-0.4, -0.2) is 36.7 Å². The van der Waals surface area contributed by atoms with Crippen molar-refractivity contribution in [2.45, 2.75) is 31.7 Å². The first-order chi connectivity index (χ1) is 17.2. The number of hydrogen-bond donors (Lipinski definition) is 0. The molecule has 1 saturated heterocycles. The summed E-state index contributed by atoms with van der Waals surface area (Å²) in [6.45, 7) is 5.34. The number of nitrogens with zero attached hydrogens (tertiary/aromatic N) is 3. The summed E-state index contributed by atoms with van der Waals surface area (Å²) in [5.41, 5.74) is 1.10. The third-order valence-electron chi connectivity index (χ3n) is 6.28. The lowest BCUT2D eigenvalue weighted by Crippen LogP contribution is -2.42. The van der Waals surface area contributed by atoms with E-state index in [0.29, 0.717) is 46.4 Å². The molecule has 1 amide bonds. The maximum absolute atomic E-state index is 13.6. The van der Waals surface area contributed by atoms with E-state index >= 15 is 0 Å². The Labute approximate surface area is 219 Å². The van der Waals surface area contributed by atoms with Gasteiger partial charge in [0.15, 0.2) is 5.13 Å². The van der Waals surface area contributed by atoms with Crippen molar-refractivity contribution in [3.63, 3.8) is 0 Å². The van der Waals surface area contributed by atoms with Gasteiger partial charge in [-0.1, -0.05) is 36.8 Å². The monoisotopic (exact) mass is 543 g/mol. The predicted octanol–water partition coefficient (Wildman–Crippen LogP) is 6.06. The first-order valence-corrected chi connectivity index (χ1v) is 14.3. The number of carbonyl (C=O) groups excluding carboxylic acids is 1. The number of benzene rings is 2. The Kier molecular flexibility index (Phi) is 6.91. The maximum Gasteiger partial charge on any atom is 0.260 e. The molecular weight excluding hydrogens is 518 g/mol. The number of amides is 1. The molecule has 36 heavy (non-hydrogen) atoms. The van der Waals surface area contributed by atoms with Gasteiger partial charge in [-0.15, -0.1) is 0 Å². The van der Waals surface area contributed by atoms with Crippen molar-refractivity contribution in [3.05, 3.63) is 77.2 Å². The van der Waals surface area contributed by atoms with Gasteiger partial charge in [0.25, 0.3) is 5.91 Å². The molecule has 0 spiro atoms. The highest BCUT2D eigenvalue weighted by Crippen LogP contribution is 2.33. The number of halogens is 1. The van der Waals surface area contributed by atoms with E-state index in [1.54, 1.807) is 40.9 Å². The van der Waals surface area contributed by atoms with Crippen molar-refractivity contribution in [3.8, 4) is 0 Å². The number of anilines is 1. The van der Waals surface area contributed by atoms with E-state index in [4.69, 9.17) is 16.0 Å². The van der Waals surface area contributed by atoms with Gasteiger partial charge < -0.3 is 4.42 Å². The number of furan rings is 1. The number of hydrogen-bond acceptors (Lipinski definition) is 6. The van der Waals surface area contributed by atoms with Crippen molar-refractivity contribution >= 4 is 54.2 Å². The Bertz CT molecular complexity index is 1470. The maximum atomic E-state index is 13.6. The molecule has 3 heterocycles. The summed E-state index contributed by atoms with van der Waals surface area (Å²) < 4.78 is 34.4. The minimum absolute atomic E-state index is 0.184. The molecule has 5 rings (SSSR count). The van der Waals surface area contributed by atoms with Crippen molar-refractivity contribution in [1.82, 2.24) is 9.29 Å². The topological polar surface area (TPSA) is 83.7 Å². The van der Waals surface area contributed by atoms with Crippen molar-refractivity contribution < 1.29 is 17.6 Å². The Morgan fingerprint density at radius 2 is 1.86 bits per heavy atom. The van der Waals surface area contributed by atoms with Gasteiger partial charge in [0, 0.05) is 23.7 Å². The molecule has 1 fully saturated rings. The molecule has 7 nitrogen and oxygen atoms in total. The molecule has 10 heteroatoms. The minimum atomic E-state index is -3.63. The average molecular weight is 544 g/mol. The SMILES string of the molecule is CC1CC(C)CN(S(=O)(=O)c2ccc(C(=O)N(Cc3ccco3)c3nc4ccc(Cl)cc4s3)cc2)C1. The molecule has 0 saturated carbocycles. The molecule has 0 N–H and O–H groups in total. The fourth-order valence-electron chi connectivity index (χ4n) is 4.66.